The minimum absolute atomic E-state index is 0.0175. The van der Waals surface area contributed by atoms with E-state index in [2.05, 4.69) is 19.1 Å². The molecule has 6 nitrogen and oxygen atoms in total. The molecular weight excluding hydrogens is 380 g/mol. The Balaban J connectivity index is 1.62. The number of carbonyl (C=O) groups is 2. The number of hydrogen-bond acceptors (Lipinski definition) is 4. The van der Waals surface area contributed by atoms with Crippen LogP contribution in [-0.2, 0) is 9.53 Å². The summed E-state index contributed by atoms with van der Waals surface area (Å²) in [6.45, 7) is 5.38. The zero-order chi connectivity index (χ0) is 21.1. The van der Waals surface area contributed by atoms with Gasteiger partial charge in [-0.25, -0.2) is 0 Å². The van der Waals surface area contributed by atoms with E-state index in [0.29, 0.717) is 50.7 Å². The highest BCUT2D eigenvalue weighted by Crippen LogP contribution is 2.36. The molecule has 2 atom stereocenters. The highest BCUT2D eigenvalue weighted by Gasteiger charge is 2.42. The van der Waals surface area contributed by atoms with Crippen molar-refractivity contribution in [3.63, 3.8) is 0 Å². The van der Waals surface area contributed by atoms with Gasteiger partial charge in [0.05, 0.1) is 26.2 Å². The summed E-state index contributed by atoms with van der Waals surface area (Å²) in [6.07, 6.45) is 0. The molecular formula is C24H28N2O4. The summed E-state index contributed by atoms with van der Waals surface area (Å²) < 4.78 is 10.7. The van der Waals surface area contributed by atoms with Crippen LogP contribution >= 0.6 is 0 Å². The third-order valence-corrected chi connectivity index (χ3v) is 6.15. The molecule has 0 N–H and O–H groups in total. The maximum absolute atomic E-state index is 13.4. The summed E-state index contributed by atoms with van der Waals surface area (Å²) in [4.78, 5) is 30.4. The summed E-state index contributed by atoms with van der Waals surface area (Å²) in [5.74, 6) is 0.434. The third kappa shape index (κ3) is 4.05. The smallest absolute Gasteiger partial charge is 0.254 e. The van der Waals surface area contributed by atoms with Crippen molar-refractivity contribution in [1.82, 2.24) is 9.80 Å². The summed E-state index contributed by atoms with van der Waals surface area (Å²) in [7, 11) is 1.59. The van der Waals surface area contributed by atoms with Crippen LogP contribution in [0.1, 0.15) is 27.4 Å². The number of rotatable bonds is 4. The van der Waals surface area contributed by atoms with Crippen molar-refractivity contribution in [2.24, 2.45) is 5.92 Å². The Bertz CT molecular complexity index is 923. The first-order chi connectivity index (χ1) is 14.6. The first kappa shape index (κ1) is 20.4. The van der Waals surface area contributed by atoms with E-state index in [9.17, 15) is 9.59 Å². The molecule has 0 saturated carbocycles. The average Bonchev–Trinajstić information content (AvgIpc) is 3.24. The molecule has 0 spiro atoms. The number of hydrogen-bond donors (Lipinski definition) is 0. The summed E-state index contributed by atoms with van der Waals surface area (Å²) in [6, 6.07) is 15.3. The normalized spacial score (nSPS) is 21.5. The number of amides is 2. The van der Waals surface area contributed by atoms with E-state index >= 15 is 0 Å². The van der Waals surface area contributed by atoms with Crippen molar-refractivity contribution in [3.8, 4) is 5.75 Å². The number of aryl methyl sites for hydroxylation is 1. The van der Waals surface area contributed by atoms with Crippen molar-refractivity contribution in [2.75, 3.05) is 46.5 Å². The number of carbonyl (C=O) groups excluding carboxylic acids is 2. The van der Waals surface area contributed by atoms with Crippen LogP contribution in [-0.4, -0.2) is 68.1 Å². The lowest BCUT2D eigenvalue weighted by Crippen LogP contribution is -2.45. The predicted octanol–water partition coefficient (Wildman–Crippen LogP) is 2.72. The number of benzene rings is 2. The molecule has 158 valence electrons. The lowest BCUT2D eigenvalue weighted by molar-refractivity contribution is -0.139. The van der Waals surface area contributed by atoms with Crippen LogP contribution in [0.4, 0.5) is 0 Å². The van der Waals surface area contributed by atoms with Crippen LogP contribution in [0.25, 0.3) is 0 Å². The first-order valence-electron chi connectivity index (χ1n) is 10.4. The second kappa shape index (κ2) is 8.88. The van der Waals surface area contributed by atoms with Crippen molar-refractivity contribution >= 4 is 11.8 Å². The summed E-state index contributed by atoms with van der Waals surface area (Å²) in [5, 5.41) is 0. The van der Waals surface area contributed by atoms with Gasteiger partial charge in [0.1, 0.15) is 5.75 Å². The van der Waals surface area contributed by atoms with E-state index in [1.165, 1.54) is 0 Å². The van der Waals surface area contributed by atoms with E-state index in [-0.39, 0.29) is 23.7 Å². The van der Waals surface area contributed by atoms with Crippen LogP contribution in [0.5, 0.6) is 5.75 Å². The van der Waals surface area contributed by atoms with Crippen molar-refractivity contribution in [1.29, 1.82) is 0 Å². The molecule has 2 aliphatic heterocycles. The fourth-order valence-corrected chi connectivity index (χ4v) is 4.49. The van der Waals surface area contributed by atoms with Gasteiger partial charge in [-0.2, -0.15) is 0 Å². The van der Waals surface area contributed by atoms with Gasteiger partial charge in [0.15, 0.2) is 0 Å². The van der Waals surface area contributed by atoms with Gasteiger partial charge in [-0.15, -0.1) is 0 Å². The molecule has 2 saturated heterocycles. The lowest BCUT2D eigenvalue weighted by atomic mass is 9.85. The molecule has 2 unspecified atom stereocenters. The minimum Gasteiger partial charge on any atom is -0.497 e. The topological polar surface area (TPSA) is 59.1 Å². The van der Waals surface area contributed by atoms with Gasteiger partial charge in [-0.3, -0.25) is 9.59 Å². The predicted molar refractivity (Wildman–Crippen MR) is 114 cm³/mol. The second-order valence-corrected chi connectivity index (χ2v) is 7.95. The zero-order valence-corrected chi connectivity index (χ0v) is 17.5. The van der Waals surface area contributed by atoms with Gasteiger partial charge in [0.25, 0.3) is 5.91 Å². The maximum atomic E-state index is 13.4. The fourth-order valence-electron chi connectivity index (χ4n) is 4.49. The molecule has 30 heavy (non-hydrogen) atoms. The molecule has 2 aliphatic rings. The quantitative estimate of drug-likeness (QED) is 0.781. The van der Waals surface area contributed by atoms with Crippen LogP contribution in [0.3, 0.4) is 0 Å². The van der Waals surface area contributed by atoms with E-state index in [1.54, 1.807) is 19.2 Å². The monoisotopic (exact) mass is 408 g/mol. The highest BCUT2D eigenvalue weighted by molar-refractivity contribution is 5.95. The molecule has 2 aromatic carbocycles. The molecule has 2 heterocycles. The number of nitrogens with zero attached hydrogens (tertiary/aromatic N) is 2. The first-order valence-corrected chi connectivity index (χ1v) is 10.4. The van der Waals surface area contributed by atoms with Crippen LogP contribution in [0, 0.1) is 12.8 Å². The number of ether oxygens (including phenoxy) is 2. The number of morpholine rings is 1. The Morgan fingerprint density at radius 2 is 1.77 bits per heavy atom. The Labute approximate surface area is 177 Å². The molecule has 0 aliphatic carbocycles. The van der Waals surface area contributed by atoms with Crippen molar-refractivity contribution in [3.05, 3.63) is 65.2 Å². The molecule has 2 fully saturated rings. The molecule has 0 aromatic heterocycles. The molecule has 6 heteroatoms. The lowest BCUT2D eigenvalue weighted by Gasteiger charge is -2.31. The fraction of sp³-hybridized carbons (Fsp3) is 0.417. The van der Waals surface area contributed by atoms with Crippen molar-refractivity contribution < 1.29 is 19.1 Å². The van der Waals surface area contributed by atoms with Crippen LogP contribution < -0.4 is 4.74 Å². The van der Waals surface area contributed by atoms with E-state index in [1.807, 2.05) is 34.1 Å². The van der Waals surface area contributed by atoms with Crippen LogP contribution in [0.15, 0.2) is 48.5 Å². The van der Waals surface area contributed by atoms with Gasteiger partial charge in [-0.1, -0.05) is 30.3 Å². The van der Waals surface area contributed by atoms with Gasteiger partial charge in [0.2, 0.25) is 5.91 Å². The zero-order valence-electron chi connectivity index (χ0n) is 17.5. The summed E-state index contributed by atoms with van der Waals surface area (Å²) >= 11 is 0. The average molecular weight is 408 g/mol. The van der Waals surface area contributed by atoms with E-state index in [4.69, 9.17) is 9.47 Å². The molecule has 2 aromatic rings. The third-order valence-electron chi connectivity index (χ3n) is 6.15. The summed E-state index contributed by atoms with van der Waals surface area (Å²) in [5.41, 5.74) is 2.88. The number of methoxy groups -OCH3 is 1. The maximum Gasteiger partial charge on any atom is 0.254 e. The van der Waals surface area contributed by atoms with Crippen LogP contribution in [0.2, 0.25) is 0 Å². The SMILES string of the molecule is COc1cccc(C(=O)N2CC(C(=O)N3CCOCC3)C(c3ccccc3C)C2)c1. The minimum atomic E-state index is -0.251. The second-order valence-electron chi connectivity index (χ2n) is 7.95. The number of likely N-dealkylation sites (tertiary alicyclic amines) is 1. The van der Waals surface area contributed by atoms with Gasteiger partial charge < -0.3 is 19.3 Å². The van der Waals surface area contributed by atoms with E-state index in [0.717, 1.165) is 11.1 Å². The molecule has 4 rings (SSSR count). The standard InChI is InChI=1S/C24H28N2O4/c1-17-6-3-4-9-20(17)21-15-26(23(27)18-7-5-8-19(14-18)29-2)16-22(21)24(28)25-10-12-30-13-11-25/h3-9,14,21-22H,10-13,15-16H2,1-2H3. The van der Waals surface area contributed by atoms with Crippen molar-refractivity contribution in [2.45, 2.75) is 12.8 Å². The van der Waals surface area contributed by atoms with Gasteiger partial charge >= 0.3 is 0 Å². The van der Waals surface area contributed by atoms with Gasteiger partial charge in [-0.05, 0) is 36.2 Å². The Morgan fingerprint density at radius 3 is 2.50 bits per heavy atom. The van der Waals surface area contributed by atoms with Gasteiger partial charge in [0, 0.05) is 37.7 Å². The van der Waals surface area contributed by atoms with E-state index < -0.39 is 0 Å². The molecule has 0 bridgehead atoms. The Kier molecular flexibility index (Phi) is 6.04. The Morgan fingerprint density at radius 1 is 1.00 bits per heavy atom. The molecule has 2 amide bonds. The molecule has 0 radical (unpaired) electrons. The highest BCUT2D eigenvalue weighted by atomic mass is 16.5. The largest absolute Gasteiger partial charge is 0.497 e. The Hall–Kier alpha value is -2.86.